The van der Waals surface area contributed by atoms with E-state index in [1.54, 1.807) is 11.8 Å². The van der Waals surface area contributed by atoms with E-state index in [0.717, 1.165) is 31.5 Å². The third-order valence-electron chi connectivity index (χ3n) is 3.08. The van der Waals surface area contributed by atoms with Crippen LogP contribution in [0.5, 0.6) is 0 Å². The van der Waals surface area contributed by atoms with E-state index in [4.69, 9.17) is 11.6 Å². The number of thioether (sulfide) groups is 1. The first kappa shape index (κ1) is 15.5. The Balaban J connectivity index is 1.66. The fourth-order valence-electron chi connectivity index (χ4n) is 1.91. The number of aromatic nitrogens is 2. The van der Waals surface area contributed by atoms with Gasteiger partial charge in [0.15, 0.2) is 0 Å². The van der Waals surface area contributed by atoms with Crippen LogP contribution in [0.3, 0.4) is 0 Å². The van der Waals surface area contributed by atoms with Gasteiger partial charge in [0.05, 0.1) is 5.69 Å². The smallest absolute Gasteiger partial charge is 0.119 e. The second kappa shape index (κ2) is 7.27. The largest absolute Gasteiger partial charge is 0.149 e. The summed E-state index contributed by atoms with van der Waals surface area (Å²) >= 11 is 11.0. The van der Waals surface area contributed by atoms with Gasteiger partial charge in [-0.1, -0.05) is 63.6 Å². The summed E-state index contributed by atoms with van der Waals surface area (Å²) in [6, 6.07) is 19.9. The van der Waals surface area contributed by atoms with Gasteiger partial charge in [-0.25, -0.2) is 0 Å². The molecule has 0 aliphatic heterocycles. The standard InChI is InChI=1S/C17H12BrClN2S/c18-14-5-3-13(4-6-14)16-9-10-17(21-20-16)22-11-12-1-7-15(19)8-2-12/h1-10H,11H2. The van der Waals surface area contributed by atoms with Crippen LogP contribution in [0.4, 0.5) is 0 Å². The molecule has 0 aliphatic carbocycles. The Kier molecular flexibility index (Phi) is 5.13. The highest BCUT2D eigenvalue weighted by atomic mass is 79.9. The lowest BCUT2D eigenvalue weighted by molar-refractivity contribution is 0.935. The molecule has 0 saturated heterocycles. The van der Waals surface area contributed by atoms with Gasteiger partial charge in [-0.15, -0.1) is 10.2 Å². The van der Waals surface area contributed by atoms with Crippen LogP contribution < -0.4 is 0 Å². The molecule has 0 aliphatic rings. The number of rotatable bonds is 4. The van der Waals surface area contributed by atoms with E-state index in [0.29, 0.717) is 0 Å². The van der Waals surface area contributed by atoms with E-state index in [9.17, 15) is 0 Å². The zero-order chi connectivity index (χ0) is 15.4. The Morgan fingerprint density at radius 2 is 1.59 bits per heavy atom. The van der Waals surface area contributed by atoms with Crippen molar-refractivity contribution in [3.63, 3.8) is 0 Å². The van der Waals surface area contributed by atoms with Crippen molar-refractivity contribution in [3.8, 4) is 11.3 Å². The molecule has 0 radical (unpaired) electrons. The first-order valence-corrected chi connectivity index (χ1v) is 8.83. The lowest BCUT2D eigenvalue weighted by atomic mass is 10.1. The third-order valence-corrected chi connectivity index (χ3v) is 4.85. The Morgan fingerprint density at radius 3 is 2.23 bits per heavy atom. The summed E-state index contributed by atoms with van der Waals surface area (Å²) in [5, 5.41) is 10.3. The molecule has 3 rings (SSSR count). The Morgan fingerprint density at radius 1 is 0.864 bits per heavy atom. The SMILES string of the molecule is Clc1ccc(CSc2ccc(-c3ccc(Br)cc3)nn2)cc1. The summed E-state index contributed by atoms with van der Waals surface area (Å²) in [7, 11) is 0. The fraction of sp³-hybridized carbons (Fsp3) is 0.0588. The number of hydrogen-bond donors (Lipinski definition) is 0. The molecule has 5 heteroatoms. The minimum absolute atomic E-state index is 0.757. The van der Waals surface area contributed by atoms with Gasteiger partial charge in [-0.2, -0.15) is 0 Å². The normalized spacial score (nSPS) is 10.6. The van der Waals surface area contributed by atoms with Crippen molar-refractivity contribution in [2.75, 3.05) is 0 Å². The van der Waals surface area contributed by atoms with Gasteiger partial charge in [0.25, 0.3) is 0 Å². The molecule has 1 heterocycles. The molecular formula is C17H12BrClN2S. The molecule has 110 valence electrons. The van der Waals surface area contributed by atoms with Gasteiger partial charge in [0.2, 0.25) is 0 Å². The van der Waals surface area contributed by atoms with Crippen molar-refractivity contribution in [3.05, 3.63) is 75.7 Å². The van der Waals surface area contributed by atoms with E-state index in [2.05, 4.69) is 26.1 Å². The molecule has 0 unspecified atom stereocenters. The minimum Gasteiger partial charge on any atom is -0.149 e. The predicted octanol–water partition coefficient (Wildman–Crippen LogP) is 5.85. The zero-order valence-electron chi connectivity index (χ0n) is 11.5. The highest BCUT2D eigenvalue weighted by molar-refractivity contribution is 9.10. The number of halogens is 2. The Bertz CT molecular complexity index is 743. The van der Waals surface area contributed by atoms with E-state index in [-0.39, 0.29) is 0 Å². The van der Waals surface area contributed by atoms with Crippen molar-refractivity contribution in [1.29, 1.82) is 0 Å². The van der Waals surface area contributed by atoms with E-state index < -0.39 is 0 Å². The summed E-state index contributed by atoms with van der Waals surface area (Å²) in [6.07, 6.45) is 0. The molecular weight excluding hydrogens is 380 g/mol. The lowest BCUT2D eigenvalue weighted by Gasteiger charge is -2.03. The van der Waals surface area contributed by atoms with Gasteiger partial charge in [0, 0.05) is 20.8 Å². The highest BCUT2D eigenvalue weighted by Crippen LogP contribution is 2.24. The average molecular weight is 392 g/mol. The first-order chi connectivity index (χ1) is 10.7. The predicted molar refractivity (Wildman–Crippen MR) is 96.2 cm³/mol. The molecule has 0 fully saturated rings. The molecule has 3 aromatic rings. The summed E-state index contributed by atoms with van der Waals surface area (Å²) in [6.45, 7) is 0. The number of nitrogens with zero attached hydrogens (tertiary/aromatic N) is 2. The van der Waals surface area contributed by atoms with Crippen LogP contribution in [-0.4, -0.2) is 10.2 Å². The molecule has 1 aromatic heterocycles. The maximum Gasteiger partial charge on any atom is 0.119 e. The minimum atomic E-state index is 0.757. The van der Waals surface area contributed by atoms with E-state index >= 15 is 0 Å². The third kappa shape index (κ3) is 4.09. The van der Waals surface area contributed by atoms with Crippen LogP contribution in [0.25, 0.3) is 11.3 Å². The van der Waals surface area contributed by atoms with Crippen molar-refractivity contribution >= 4 is 39.3 Å². The highest BCUT2D eigenvalue weighted by Gasteiger charge is 2.02. The molecule has 0 atom stereocenters. The molecule has 0 amide bonds. The Hall–Kier alpha value is -1.36. The topological polar surface area (TPSA) is 25.8 Å². The van der Waals surface area contributed by atoms with Crippen LogP contribution in [0.1, 0.15) is 5.56 Å². The summed E-state index contributed by atoms with van der Waals surface area (Å²) in [5.74, 6) is 0.851. The lowest BCUT2D eigenvalue weighted by Crippen LogP contribution is -1.90. The van der Waals surface area contributed by atoms with Crippen molar-refractivity contribution in [2.24, 2.45) is 0 Å². The monoisotopic (exact) mass is 390 g/mol. The summed E-state index contributed by atoms with van der Waals surface area (Å²) in [5.41, 5.74) is 3.15. The van der Waals surface area contributed by atoms with Crippen molar-refractivity contribution in [1.82, 2.24) is 10.2 Å². The van der Waals surface area contributed by atoms with Gasteiger partial charge in [0.1, 0.15) is 5.03 Å². The molecule has 2 aromatic carbocycles. The molecule has 2 nitrogen and oxygen atoms in total. The van der Waals surface area contributed by atoms with Gasteiger partial charge < -0.3 is 0 Å². The maximum absolute atomic E-state index is 5.88. The average Bonchev–Trinajstić information content (AvgIpc) is 2.56. The second-order valence-electron chi connectivity index (χ2n) is 4.68. The molecule has 0 bridgehead atoms. The fourth-order valence-corrected chi connectivity index (χ4v) is 3.07. The van der Waals surface area contributed by atoms with Crippen LogP contribution in [0.2, 0.25) is 5.02 Å². The zero-order valence-corrected chi connectivity index (χ0v) is 14.7. The maximum atomic E-state index is 5.88. The van der Waals surface area contributed by atoms with Crippen LogP contribution in [0, 0.1) is 0 Å². The molecule has 0 saturated carbocycles. The molecule has 0 N–H and O–H groups in total. The van der Waals surface area contributed by atoms with E-state index in [1.165, 1.54) is 5.56 Å². The second-order valence-corrected chi connectivity index (χ2v) is 7.03. The molecule has 22 heavy (non-hydrogen) atoms. The van der Waals surface area contributed by atoms with Crippen molar-refractivity contribution < 1.29 is 0 Å². The van der Waals surface area contributed by atoms with Gasteiger partial charge in [-0.3, -0.25) is 0 Å². The van der Waals surface area contributed by atoms with Crippen LogP contribution in [0.15, 0.2) is 70.2 Å². The van der Waals surface area contributed by atoms with E-state index in [1.807, 2.05) is 60.7 Å². The van der Waals surface area contributed by atoms with Crippen molar-refractivity contribution in [2.45, 2.75) is 10.8 Å². The number of benzene rings is 2. The Labute approximate surface area is 147 Å². The van der Waals surface area contributed by atoms with Crippen LogP contribution >= 0.6 is 39.3 Å². The first-order valence-electron chi connectivity index (χ1n) is 6.67. The van der Waals surface area contributed by atoms with Gasteiger partial charge >= 0.3 is 0 Å². The van der Waals surface area contributed by atoms with Gasteiger partial charge in [-0.05, 0) is 42.0 Å². The molecule has 0 spiro atoms. The summed E-state index contributed by atoms with van der Waals surface area (Å²) in [4.78, 5) is 0. The summed E-state index contributed by atoms with van der Waals surface area (Å²) < 4.78 is 1.05. The number of hydrogen-bond acceptors (Lipinski definition) is 3. The quantitative estimate of drug-likeness (QED) is 0.522. The van der Waals surface area contributed by atoms with Crippen LogP contribution in [-0.2, 0) is 5.75 Å².